The lowest BCUT2D eigenvalue weighted by molar-refractivity contribution is 0.0894. The first kappa shape index (κ1) is 19.6. The fourth-order valence-electron chi connectivity index (χ4n) is 3.30. The Morgan fingerprint density at radius 1 is 1.36 bits per heavy atom. The number of hydrogen-bond donors (Lipinski definition) is 1. The van der Waals surface area contributed by atoms with Crippen LogP contribution in [0.25, 0.3) is 0 Å². The van der Waals surface area contributed by atoms with E-state index in [4.69, 9.17) is 9.47 Å². The summed E-state index contributed by atoms with van der Waals surface area (Å²) in [5, 5.41) is 20.1. The highest BCUT2D eigenvalue weighted by Gasteiger charge is 2.26. The van der Waals surface area contributed by atoms with Gasteiger partial charge in [0.15, 0.2) is 6.61 Å². The maximum Gasteiger partial charge on any atom is 0.271 e. The normalized spacial score (nSPS) is 16.0. The van der Waals surface area contributed by atoms with Gasteiger partial charge >= 0.3 is 0 Å². The summed E-state index contributed by atoms with van der Waals surface area (Å²) in [7, 11) is 0. The summed E-state index contributed by atoms with van der Waals surface area (Å²) in [6.45, 7) is 3.79. The molecule has 2 aromatic rings. The molecule has 0 spiro atoms. The zero-order valence-corrected chi connectivity index (χ0v) is 15.9. The van der Waals surface area contributed by atoms with E-state index in [1.165, 1.54) is 6.92 Å². The number of Topliss-reactive ketones (excluding diaryl/α,β-unsaturated/α-hetero) is 1. The summed E-state index contributed by atoms with van der Waals surface area (Å²) in [5.74, 6) is -0.438. The van der Waals surface area contributed by atoms with Gasteiger partial charge < -0.3 is 14.6 Å². The molecule has 1 aromatic carbocycles. The van der Waals surface area contributed by atoms with Crippen LogP contribution in [0.15, 0.2) is 29.1 Å². The predicted octanol–water partition coefficient (Wildman–Crippen LogP) is 2.48. The molecule has 0 bridgehead atoms. The molecule has 0 saturated carbocycles. The molecule has 0 radical (unpaired) electrons. The van der Waals surface area contributed by atoms with Gasteiger partial charge in [0.25, 0.3) is 5.56 Å². The molecule has 1 aliphatic rings. The number of aromatic nitrogens is 1. The second kappa shape index (κ2) is 8.28. The fraction of sp³-hybridized carbons (Fsp3) is 0.381. The molecule has 1 atom stereocenters. The molecule has 1 aromatic heterocycles. The molecule has 1 fully saturated rings. The lowest BCUT2D eigenvalue weighted by atomic mass is 10.0. The van der Waals surface area contributed by atoms with Crippen molar-refractivity contribution in [2.45, 2.75) is 39.3 Å². The fourth-order valence-corrected chi connectivity index (χ4v) is 3.30. The number of ketones is 1. The van der Waals surface area contributed by atoms with E-state index < -0.39 is 17.2 Å². The van der Waals surface area contributed by atoms with Gasteiger partial charge in [-0.15, -0.1) is 0 Å². The van der Waals surface area contributed by atoms with E-state index in [0.29, 0.717) is 12.4 Å². The molecule has 7 nitrogen and oxygen atoms in total. The molecule has 2 heterocycles. The van der Waals surface area contributed by atoms with Crippen molar-refractivity contribution in [3.63, 3.8) is 0 Å². The smallest absolute Gasteiger partial charge is 0.271 e. The van der Waals surface area contributed by atoms with Crippen LogP contribution in [0.2, 0.25) is 0 Å². The topological polar surface area (TPSA) is 102 Å². The van der Waals surface area contributed by atoms with Crippen LogP contribution in [-0.4, -0.2) is 34.8 Å². The Labute approximate surface area is 162 Å². The summed E-state index contributed by atoms with van der Waals surface area (Å²) in [5.41, 5.74) is 0.373. The number of pyridine rings is 1. The number of nitriles is 1. The van der Waals surface area contributed by atoms with Crippen LogP contribution >= 0.6 is 0 Å². The summed E-state index contributed by atoms with van der Waals surface area (Å²) in [6, 6.07) is 9.06. The van der Waals surface area contributed by atoms with Gasteiger partial charge in [-0.3, -0.25) is 14.2 Å². The van der Waals surface area contributed by atoms with Crippen molar-refractivity contribution >= 4 is 5.78 Å². The van der Waals surface area contributed by atoms with Gasteiger partial charge in [0.1, 0.15) is 17.4 Å². The first-order valence-electron chi connectivity index (χ1n) is 9.13. The van der Waals surface area contributed by atoms with Gasteiger partial charge in [0.05, 0.1) is 18.2 Å². The summed E-state index contributed by atoms with van der Waals surface area (Å²) < 4.78 is 12.1. The van der Waals surface area contributed by atoms with Crippen molar-refractivity contribution in [2.75, 3.05) is 13.2 Å². The molecule has 1 aliphatic heterocycles. The summed E-state index contributed by atoms with van der Waals surface area (Å²) in [6.07, 6.45) is 1.39. The Kier molecular flexibility index (Phi) is 5.81. The number of carbonyl (C=O) groups excluding carboxylic acids is 1. The van der Waals surface area contributed by atoms with Crippen LogP contribution in [0.5, 0.6) is 11.6 Å². The molecule has 1 unspecified atom stereocenters. The Bertz CT molecular complexity index is 980. The first-order valence-corrected chi connectivity index (χ1v) is 9.13. The second-order valence-electron chi connectivity index (χ2n) is 6.89. The number of aryl methyl sites for hydroxylation is 1. The lowest BCUT2D eigenvalue weighted by Crippen LogP contribution is -2.31. The van der Waals surface area contributed by atoms with Gasteiger partial charge in [-0.2, -0.15) is 5.26 Å². The maximum atomic E-state index is 12.8. The van der Waals surface area contributed by atoms with Crippen molar-refractivity contribution < 1.29 is 19.4 Å². The van der Waals surface area contributed by atoms with Gasteiger partial charge in [0, 0.05) is 6.61 Å². The quantitative estimate of drug-likeness (QED) is 0.770. The third kappa shape index (κ3) is 3.92. The molecular weight excluding hydrogens is 360 g/mol. The number of rotatable bonds is 6. The molecular formula is C21H22N2O5. The molecule has 1 N–H and O–H groups in total. The molecule has 146 valence electrons. The van der Waals surface area contributed by atoms with Crippen molar-refractivity contribution in [2.24, 2.45) is 0 Å². The van der Waals surface area contributed by atoms with Crippen LogP contribution < -0.4 is 10.3 Å². The van der Waals surface area contributed by atoms with Crippen molar-refractivity contribution in [3.8, 4) is 17.7 Å². The zero-order chi connectivity index (χ0) is 20.3. The number of carbonyl (C=O) groups is 1. The van der Waals surface area contributed by atoms with Crippen LogP contribution in [-0.2, 0) is 11.3 Å². The summed E-state index contributed by atoms with van der Waals surface area (Å²) in [4.78, 5) is 25.4. The van der Waals surface area contributed by atoms with Crippen molar-refractivity contribution in [1.29, 1.82) is 5.26 Å². The van der Waals surface area contributed by atoms with E-state index >= 15 is 0 Å². The lowest BCUT2D eigenvalue weighted by Gasteiger charge is -2.18. The first-order chi connectivity index (χ1) is 13.4. The van der Waals surface area contributed by atoms with Gasteiger partial charge in [0.2, 0.25) is 11.7 Å². The second-order valence-corrected chi connectivity index (χ2v) is 6.89. The minimum Gasteiger partial charge on any atom is -0.494 e. The Balaban J connectivity index is 1.92. The standard InChI is InChI=1S/C21H22N2O5/c1-13-5-7-15(8-6-13)28-12-18(24)19-14(2)17(10-22)20(25)23(21(19)26)11-16-4-3-9-27-16/h5-8,16,26H,3-4,9,11-12H2,1-2H3. The predicted molar refractivity (Wildman–Crippen MR) is 102 cm³/mol. The minimum atomic E-state index is -0.621. The number of ether oxygens (including phenoxy) is 2. The van der Waals surface area contributed by atoms with E-state index in [2.05, 4.69) is 0 Å². The third-order valence-electron chi connectivity index (χ3n) is 4.88. The van der Waals surface area contributed by atoms with E-state index in [-0.39, 0.29) is 35.9 Å². The van der Waals surface area contributed by atoms with Gasteiger partial charge in [-0.05, 0) is 44.4 Å². The van der Waals surface area contributed by atoms with Crippen LogP contribution in [0, 0.1) is 25.2 Å². The number of aromatic hydroxyl groups is 1. The highest BCUT2D eigenvalue weighted by atomic mass is 16.5. The zero-order valence-electron chi connectivity index (χ0n) is 15.9. The molecule has 28 heavy (non-hydrogen) atoms. The van der Waals surface area contributed by atoms with E-state index in [1.54, 1.807) is 12.1 Å². The Morgan fingerprint density at radius 3 is 2.68 bits per heavy atom. The van der Waals surface area contributed by atoms with Crippen LogP contribution in [0.3, 0.4) is 0 Å². The van der Waals surface area contributed by atoms with Crippen LogP contribution in [0.4, 0.5) is 0 Å². The average Bonchev–Trinajstić information content (AvgIpc) is 3.18. The van der Waals surface area contributed by atoms with E-state index in [9.17, 15) is 20.0 Å². The minimum absolute atomic E-state index is 0.0683. The Morgan fingerprint density at radius 2 is 2.07 bits per heavy atom. The van der Waals surface area contributed by atoms with Crippen LogP contribution in [0.1, 0.15) is 39.9 Å². The van der Waals surface area contributed by atoms with E-state index in [0.717, 1.165) is 23.0 Å². The SMILES string of the molecule is Cc1ccc(OCC(=O)c2c(C)c(C#N)c(=O)n(CC3CCCO3)c2O)cc1. The molecule has 0 aliphatic carbocycles. The van der Waals surface area contributed by atoms with E-state index in [1.807, 2.05) is 25.1 Å². The number of benzene rings is 1. The third-order valence-corrected chi connectivity index (χ3v) is 4.88. The highest BCUT2D eigenvalue weighted by Crippen LogP contribution is 2.25. The number of nitrogens with zero attached hydrogens (tertiary/aromatic N) is 2. The monoisotopic (exact) mass is 382 g/mol. The van der Waals surface area contributed by atoms with Crippen molar-refractivity contribution in [1.82, 2.24) is 4.57 Å². The molecule has 0 amide bonds. The van der Waals surface area contributed by atoms with Crippen molar-refractivity contribution in [3.05, 3.63) is 56.9 Å². The van der Waals surface area contributed by atoms with Gasteiger partial charge in [-0.1, -0.05) is 17.7 Å². The number of hydrogen-bond acceptors (Lipinski definition) is 6. The summed E-state index contributed by atoms with van der Waals surface area (Å²) >= 11 is 0. The molecule has 7 heteroatoms. The average molecular weight is 382 g/mol. The largest absolute Gasteiger partial charge is 0.494 e. The Hall–Kier alpha value is -3.11. The molecule has 1 saturated heterocycles. The maximum absolute atomic E-state index is 12.8. The van der Waals surface area contributed by atoms with Gasteiger partial charge in [-0.25, -0.2) is 0 Å². The highest BCUT2D eigenvalue weighted by molar-refractivity contribution is 6.01. The molecule has 3 rings (SSSR count).